The molecule has 0 amide bonds. The first-order chi connectivity index (χ1) is 8.31. The molecule has 1 fully saturated rings. The van der Waals surface area contributed by atoms with Crippen molar-refractivity contribution in [1.29, 1.82) is 0 Å². The van der Waals surface area contributed by atoms with Crippen LogP contribution in [0.15, 0.2) is 35.2 Å². The minimum Gasteiger partial charge on any atom is -0.381 e. The summed E-state index contributed by atoms with van der Waals surface area (Å²) in [7, 11) is 1.01. The standard InChI is InChI=1S/C13H19NO2S/c1-14-13(11-7-8-16-9-11)10-17(15)12-5-3-2-4-6-12/h2-6,11,13-14H,7-10H2,1H3. The summed E-state index contributed by atoms with van der Waals surface area (Å²) in [5.74, 6) is 1.15. The molecule has 1 aliphatic heterocycles. The lowest BCUT2D eigenvalue weighted by molar-refractivity contribution is 0.179. The Bertz CT molecular complexity index is 363. The maximum atomic E-state index is 12.2. The highest BCUT2D eigenvalue weighted by atomic mass is 32.2. The molecular weight excluding hydrogens is 234 g/mol. The Balaban J connectivity index is 1.96. The predicted octanol–water partition coefficient (Wildman–Crippen LogP) is 1.42. The monoisotopic (exact) mass is 253 g/mol. The van der Waals surface area contributed by atoms with Gasteiger partial charge in [0.15, 0.2) is 0 Å². The average molecular weight is 253 g/mol. The first-order valence-electron chi connectivity index (χ1n) is 5.99. The summed E-state index contributed by atoms with van der Waals surface area (Å²) in [4.78, 5) is 0.909. The van der Waals surface area contributed by atoms with Crippen LogP contribution in [0.4, 0.5) is 0 Å². The highest BCUT2D eigenvalue weighted by Crippen LogP contribution is 2.19. The summed E-state index contributed by atoms with van der Waals surface area (Å²) in [6.45, 7) is 1.62. The van der Waals surface area contributed by atoms with Crippen LogP contribution in [-0.2, 0) is 15.5 Å². The molecule has 1 aromatic rings. The van der Waals surface area contributed by atoms with Gasteiger partial charge in [-0.2, -0.15) is 0 Å². The van der Waals surface area contributed by atoms with E-state index in [1.54, 1.807) is 0 Å². The second-order valence-electron chi connectivity index (χ2n) is 4.34. The van der Waals surface area contributed by atoms with Gasteiger partial charge in [-0.3, -0.25) is 4.21 Å². The smallest absolute Gasteiger partial charge is 0.0545 e. The van der Waals surface area contributed by atoms with Crippen molar-refractivity contribution in [2.24, 2.45) is 5.92 Å². The highest BCUT2D eigenvalue weighted by Gasteiger charge is 2.26. The summed E-state index contributed by atoms with van der Waals surface area (Å²) in [6.07, 6.45) is 1.07. The molecular formula is C13H19NO2S. The van der Waals surface area contributed by atoms with Crippen molar-refractivity contribution < 1.29 is 8.95 Å². The summed E-state index contributed by atoms with van der Waals surface area (Å²) >= 11 is 0. The molecule has 94 valence electrons. The first kappa shape index (κ1) is 12.7. The number of benzene rings is 1. The second kappa shape index (κ2) is 6.28. The molecule has 3 atom stereocenters. The lowest BCUT2D eigenvalue weighted by atomic mass is 10.0. The zero-order valence-electron chi connectivity index (χ0n) is 10.1. The van der Waals surface area contributed by atoms with Gasteiger partial charge >= 0.3 is 0 Å². The number of nitrogens with one attached hydrogen (secondary N) is 1. The predicted molar refractivity (Wildman–Crippen MR) is 69.5 cm³/mol. The van der Waals surface area contributed by atoms with Gasteiger partial charge in [-0.05, 0) is 25.6 Å². The molecule has 0 aliphatic carbocycles. The van der Waals surface area contributed by atoms with Crippen molar-refractivity contribution in [3.05, 3.63) is 30.3 Å². The quantitative estimate of drug-likeness (QED) is 0.862. The minimum atomic E-state index is -0.927. The fourth-order valence-electron chi connectivity index (χ4n) is 2.16. The van der Waals surface area contributed by atoms with Gasteiger partial charge in [-0.1, -0.05) is 18.2 Å². The SMILES string of the molecule is CNC(CS(=O)c1ccccc1)C1CCOC1. The summed E-state index contributed by atoms with van der Waals surface area (Å²) < 4.78 is 17.6. The van der Waals surface area contributed by atoms with E-state index in [4.69, 9.17) is 4.74 Å². The molecule has 17 heavy (non-hydrogen) atoms. The van der Waals surface area contributed by atoms with E-state index in [2.05, 4.69) is 5.32 Å². The topological polar surface area (TPSA) is 38.3 Å². The lowest BCUT2D eigenvalue weighted by Crippen LogP contribution is -2.38. The third kappa shape index (κ3) is 3.37. The minimum absolute atomic E-state index is 0.276. The number of rotatable bonds is 5. The van der Waals surface area contributed by atoms with Crippen LogP contribution in [0.5, 0.6) is 0 Å². The summed E-state index contributed by atoms with van der Waals surface area (Å²) in [5, 5.41) is 3.27. The summed E-state index contributed by atoms with van der Waals surface area (Å²) in [6, 6.07) is 9.93. The van der Waals surface area contributed by atoms with E-state index in [0.717, 1.165) is 24.5 Å². The zero-order chi connectivity index (χ0) is 12.1. The first-order valence-corrected chi connectivity index (χ1v) is 7.31. The number of hydrogen-bond donors (Lipinski definition) is 1. The van der Waals surface area contributed by atoms with Crippen LogP contribution in [0.3, 0.4) is 0 Å². The lowest BCUT2D eigenvalue weighted by Gasteiger charge is -2.21. The van der Waals surface area contributed by atoms with Gasteiger partial charge in [0.2, 0.25) is 0 Å². The highest BCUT2D eigenvalue weighted by molar-refractivity contribution is 7.85. The van der Waals surface area contributed by atoms with E-state index >= 15 is 0 Å². The molecule has 0 spiro atoms. The van der Waals surface area contributed by atoms with Crippen molar-refractivity contribution in [3.8, 4) is 0 Å². The molecule has 3 unspecified atom stereocenters. The van der Waals surface area contributed by atoms with E-state index < -0.39 is 10.8 Å². The van der Waals surface area contributed by atoms with E-state index in [9.17, 15) is 4.21 Å². The van der Waals surface area contributed by atoms with Gasteiger partial charge in [0, 0.05) is 29.2 Å². The second-order valence-corrected chi connectivity index (χ2v) is 5.84. The van der Waals surface area contributed by atoms with Crippen molar-refractivity contribution >= 4 is 10.8 Å². The van der Waals surface area contributed by atoms with Crippen LogP contribution in [0, 0.1) is 5.92 Å². The van der Waals surface area contributed by atoms with Crippen LogP contribution in [0.1, 0.15) is 6.42 Å². The van der Waals surface area contributed by atoms with Crippen molar-refractivity contribution in [3.63, 3.8) is 0 Å². The third-order valence-electron chi connectivity index (χ3n) is 3.24. The molecule has 3 nitrogen and oxygen atoms in total. The van der Waals surface area contributed by atoms with Crippen LogP contribution >= 0.6 is 0 Å². The van der Waals surface area contributed by atoms with Crippen molar-refractivity contribution in [2.75, 3.05) is 26.0 Å². The van der Waals surface area contributed by atoms with Crippen molar-refractivity contribution in [1.82, 2.24) is 5.32 Å². The number of ether oxygens (including phenoxy) is 1. The number of hydrogen-bond acceptors (Lipinski definition) is 3. The molecule has 2 rings (SSSR count). The molecule has 1 saturated heterocycles. The van der Waals surface area contributed by atoms with Gasteiger partial charge in [-0.15, -0.1) is 0 Å². The van der Waals surface area contributed by atoms with Gasteiger partial charge < -0.3 is 10.1 Å². The summed E-state index contributed by atoms with van der Waals surface area (Å²) in [5.41, 5.74) is 0. The molecule has 1 N–H and O–H groups in total. The Morgan fingerprint density at radius 2 is 2.24 bits per heavy atom. The molecule has 1 aromatic carbocycles. The maximum absolute atomic E-state index is 12.2. The molecule has 0 aromatic heterocycles. The molecule has 4 heteroatoms. The normalized spacial score (nSPS) is 23.5. The third-order valence-corrected chi connectivity index (χ3v) is 4.70. The fourth-order valence-corrected chi connectivity index (χ4v) is 3.57. The Hall–Kier alpha value is -0.710. The van der Waals surface area contributed by atoms with Crippen LogP contribution in [-0.4, -0.2) is 36.3 Å². The van der Waals surface area contributed by atoms with E-state index in [1.807, 2.05) is 37.4 Å². The molecule has 0 bridgehead atoms. The molecule has 1 aliphatic rings. The van der Waals surface area contributed by atoms with E-state index in [1.165, 1.54) is 0 Å². The Morgan fingerprint density at radius 1 is 1.47 bits per heavy atom. The Morgan fingerprint density at radius 3 is 2.82 bits per heavy atom. The van der Waals surface area contributed by atoms with Crippen LogP contribution < -0.4 is 5.32 Å². The van der Waals surface area contributed by atoms with Gasteiger partial charge in [0.1, 0.15) is 0 Å². The zero-order valence-corrected chi connectivity index (χ0v) is 10.9. The van der Waals surface area contributed by atoms with E-state index in [0.29, 0.717) is 11.7 Å². The molecule has 0 radical (unpaired) electrons. The molecule has 1 heterocycles. The Kier molecular flexibility index (Phi) is 4.71. The van der Waals surface area contributed by atoms with Crippen LogP contribution in [0.25, 0.3) is 0 Å². The largest absolute Gasteiger partial charge is 0.381 e. The fraction of sp³-hybridized carbons (Fsp3) is 0.538. The maximum Gasteiger partial charge on any atom is 0.0545 e. The van der Waals surface area contributed by atoms with Gasteiger partial charge in [0.05, 0.1) is 17.4 Å². The Labute approximate surface area is 105 Å². The van der Waals surface area contributed by atoms with Gasteiger partial charge in [-0.25, -0.2) is 0 Å². The van der Waals surface area contributed by atoms with Crippen LogP contribution in [0.2, 0.25) is 0 Å². The molecule has 0 saturated carbocycles. The van der Waals surface area contributed by atoms with Gasteiger partial charge in [0.25, 0.3) is 0 Å². The average Bonchev–Trinajstić information content (AvgIpc) is 2.90. The van der Waals surface area contributed by atoms with E-state index in [-0.39, 0.29) is 6.04 Å². The van der Waals surface area contributed by atoms with Crippen molar-refractivity contribution in [2.45, 2.75) is 17.4 Å².